The first-order valence-corrected chi connectivity index (χ1v) is 13.4. The molecule has 3 N–H and O–H groups in total. The summed E-state index contributed by atoms with van der Waals surface area (Å²) < 4.78 is 13.9. The van der Waals surface area contributed by atoms with Gasteiger partial charge in [-0.15, -0.1) is 0 Å². The summed E-state index contributed by atoms with van der Waals surface area (Å²) in [6.07, 6.45) is 7.16. The number of aromatic nitrogens is 4. The molecule has 3 aromatic heterocycles. The van der Waals surface area contributed by atoms with Crippen molar-refractivity contribution in [3.05, 3.63) is 60.6 Å². The van der Waals surface area contributed by atoms with E-state index in [1.165, 1.54) is 11.1 Å². The molecule has 0 fully saturated rings. The number of aryl methyl sites for hydroxylation is 2. The van der Waals surface area contributed by atoms with E-state index in [9.17, 15) is 0 Å². The Bertz CT molecular complexity index is 1660. The van der Waals surface area contributed by atoms with Crippen LogP contribution in [-0.4, -0.2) is 65.8 Å². The first-order chi connectivity index (χ1) is 19.4. The van der Waals surface area contributed by atoms with Crippen molar-refractivity contribution >= 4 is 33.9 Å². The van der Waals surface area contributed by atoms with E-state index in [1.807, 2.05) is 25.2 Å². The Labute approximate surface area is 233 Å². The van der Waals surface area contributed by atoms with Crippen molar-refractivity contribution in [3.63, 3.8) is 0 Å². The van der Waals surface area contributed by atoms with Crippen molar-refractivity contribution in [3.8, 4) is 28.6 Å². The van der Waals surface area contributed by atoms with Gasteiger partial charge in [-0.05, 0) is 44.6 Å². The van der Waals surface area contributed by atoms with Gasteiger partial charge in [0.05, 0.1) is 41.6 Å². The third-order valence-electron chi connectivity index (χ3n) is 7.43. The first-order valence-electron chi connectivity index (χ1n) is 13.4. The molecule has 6 rings (SSSR count). The van der Waals surface area contributed by atoms with Crippen molar-refractivity contribution < 1.29 is 9.15 Å². The van der Waals surface area contributed by atoms with Crippen LogP contribution in [0.5, 0.6) is 5.75 Å². The van der Waals surface area contributed by atoms with E-state index in [0.29, 0.717) is 29.0 Å². The van der Waals surface area contributed by atoms with E-state index in [-0.39, 0.29) is 0 Å². The number of oxazole rings is 1. The van der Waals surface area contributed by atoms with Gasteiger partial charge in [0.1, 0.15) is 17.7 Å². The van der Waals surface area contributed by atoms with Crippen LogP contribution in [0.2, 0.25) is 0 Å². The van der Waals surface area contributed by atoms with Gasteiger partial charge >= 0.3 is 0 Å². The van der Waals surface area contributed by atoms with Gasteiger partial charge in [0.15, 0.2) is 0 Å². The monoisotopic (exact) mass is 538 g/mol. The summed E-state index contributed by atoms with van der Waals surface area (Å²) in [5.41, 5.74) is 14.0. The van der Waals surface area contributed by atoms with Crippen LogP contribution in [-0.2, 0) is 13.0 Å². The predicted molar refractivity (Wildman–Crippen MR) is 159 cm³/mol. The number of nitrogens with two attached hydrogens (primary N) is 1. The molecule has 0 unspecified atom stereocenters. The fourth-order valence-electron chi connectivity index (χ4n) is 5.49. The number of likely N-dealkylation sites (N-methyl/N-ethyl adjacent to an activating group) is 2. The number of rotatable bonds is 9. The molecule has 206 valence electrons. The summed E-state index contributed by atoms with van der Waals surface area (Å²) >= 11 is 0. The van der Waals surface area contributed by atoms with Gasteiger partial charge in [0.2, 0.25) is 11.8 Å². The number of methoxy groups -OCH3 is 1. The molecule has 0 spiro atoms. The zero-order chi connectivity index (χ0) is 27.8. The minimum absolute atomic E-state index is 0.439. The number of hydrogen-bond donors (Lipinski definition) is 2. The smallest absolute Gasteiger partial charge is 0.243 e. The fourth-order valence-corrected chi connectivity index (χ4v) is 5.49. The maximum atomic E-state index is 6.49. The Morgan fingerprint density at radius 1 is 1.10 bits per heavy atom. The predicted octanol–water partition coefficient (Wildman–Crippen LogP) is 5.03. The molecule has 2 aromatic carbocycles. The molecule has 0 bridgehead atoms. The quantitative estimate of drug-likeness (QED) is 0.250. The highest BCUT2D eigenvalue weighted by Crippen LogP contribution is 2.43. The number of nitrogens with zero attached hydrogens (tertiary/aromatic N) is 6. The molecule has 5 aromatic rings. The van der Waals surface area contributed by atoms with Crippen LogP contribution < -0.4 is 20.7 Å². The molecule has 10 nitrogen and oxygen atoms in total. The molecule has 0 amide bonds. The molecule has 0 radical (unpaired) electrons. The third-order valence-corrected chi connectivity index (χ3v) is 7.43. The number of para-hydroxylation sites is 1. The maximum Gasteiger partial charge on any atom is 0.243 e. The van der Waals surface area contributed by atoms with Crippen LogP contribution in [0.15, 0.2) is 59.5 Å². The Kier molecular flexibility index (Phi) is 6.77. The van der Waals surface area contributed by atoms with E-state index < -0.39 is 0 Å². The lowest BCUT2D eigenvalue weighted by atomic mass is 10.0. The highest BCUT2D eigenvalue weighted by Gasteiger charge is 2.27. The number of ether oxygens (including phenoxy) is 1. The van der Waals surface area contributed by atoms with Gasteiger partial charge in [0, 0.05) is 49.9 Å². The van der Waals surface area contributed by atoms with Crippen molar-refractivity contribution in [2.75, 3.05) is 57.3 Å². The first kappa shape index (κ1) is 25.7. The van der Waals surface area contributed by atoms with Crippen LogP contribution in [0, 0.1) is 0 Å². The Balaban J connectivity index is 1.40. The number of nitrogen functional groups attached to an aromatic ring is 1. The molecule has 1 aliphatic rings. The van der Waals surface area contributed by atoms with E-state index >= 15 is 0 Å². The largest absolute Gasteiger partial charge is 0.494 e. The molecule has 10 heteroatoms. The van der Waals surface area contributed by atoms with Crippen molar-refractivity contribution in [1.82, 2.24) is 24.4 Å². The number of nitrogens with one attached hydrogen (secondary N) is 1. The normalized spacial score (nSPS) is 12.7. The van der Waals surface area contributed by atoms with Crippen molar-refractivity contribution in [2.45, 2.75) is 19.4 Å². The molecule has 40 heavy (non-hydrogen) atoms. The molecular weight excluding hydrogens is 504 g/mol. The second kappa shape index (κ2) is 10.5. The average molecular weight is 539 g/mol. The summed E-state index contributed by atoms with van der Waals surface area (Å²) in [5.74, 6) is 1.67. The molecule has 4 heterocycles. The van der Waals surface area contributed by atoms with Gasteiger partial charge in [-0.2, -0.15) is 0 Å². The maximum absolute atomic E-state index is 6.49. The lowest BCUT2D eigenvalue weighted by molar-refractivity contribution is 0.413. The SMILES string of the molecule is COc1cc(N(C)CCN(C)C)c(N)cc1Nc1nccc(-c2c(-c3ncco3)n3c4c(cccc24)CCC3)n1. The summed E-state index contributed by atoms with van der Waals surface area (Å²) in [7, 11) is 7.78. The molecule has 0 saturated heterocycles. The third kappa shape index (κ3) is 4.60. The molecule has 0 saturated carbocycles. The van der Waals surface area contributed by atoms with Crippen LogP contribution in [0.4, 0.5) is 23.0 Å². The Morgan fingerprint density at radius 3 is 2.75 bits per heavy atom. The zero-order valence-corrected chi connectivity index (χ0v) is 23.3. The topological polar surface area (TPSA) is 111 Å². The molecule has 0 aliphatic carbocycles. The Hall–Kier alpha value is -4.57. The summed E-state index contributed by atoms with van der Waals surface area (Å²) in [5, 5.41) is 4.46. The number of benzene rings is 2. The number of anilines is 4. The lowest BCUT2D eigenvalue weighted by Gasteiger charge is -2.24. The van der Waals surface area contributed by atoms with Crippen LogP contribution in [0.1, 0.15) is 12.0 Å². The van der Waals surface area contributed by atoms with E-state index in [0.717, 1.165) is 60.5 Å². The lowest BCUT2D eigenvalue weighted by Crippen LogP contribution is -2.29. The second-order valence-electron chi connectivity index (χ2n) is 10.4. The van der Waals surface area contributed by atoms with E-state index in [1.54, 1.807) is 25.8 Å². The van der Waals surface area contributed by atoms with Gasteiger partial charge in [-0.3, -0.25) is 0 Å². The average Bonchev–Trinajstić information content (AvgIpc) is 3.60. The Morgan fingerprint density at radius 2 is 1.98 bits per heavy atom. The summed E-state index contributed by atoms with van der Waals surface area (Å²) in [4.78, 5) is 18.2. The standard InChI is InChI=1S/C30H34N8O2/c1-36(2)14-15-37(3)24-18-25(39-4)23(17-21(24)31)35-30-33-11-10-22(34-30)26-20-9-5-7-19-8-6-13-38(27(19)20)28(26)29-32-12-16-40-29/h5,7,9-12,16-18H,6,8,13-15,31H2,1-4H3,(H,33,34,35). The van der Waals surface area contributed by atoms with Crippen molar-refractivity contribution in [2.24, 2.45) is 0 Å². The van der Waals surface area contributed by atoms with Gasteiger partial charge in [-0.1, -0.05) is 18.2 Å². The van der Waals surface area contributed by atoms with Gasteiger partial charge in [0.25, 0.3) is 0 Å². The number of hydrogen-bond acceptors (Lipinski definition) is 9. The zero-order valence-electron chi connectivity index (χ0n) is 23.3. The van der Waals surface area contributed by atoms with Crippen LogP contribution in [0.3, 0.4) is 0 Å². The summed E-state index contributed by atoms with van der Waals surface area (Å²) in [6.45, 7) is 2.64. The van der Waals surface area contributed by atoms with Crippen molar-refractivity contribution in [1.29, 1.82) is 0 Å². The van der Waals surface area contributed by atoms with E-state index in [4.69, 9.17) is 19.9 Å². The summed E-state index contributed by atoms with van der Waals surface area (Å²) in [6, 6.07) is 12.2. The van der Waals surface area contributed by atoms with Gasteiger partial charge in [-0.25, -0.2) is 15.0 Å². The highest BCUT2D eigenvalue weighted by atomic mass is 16.5. The van der Waals surface area contributed by atoms with E-state index in [2.05, 4.69) is 61.9 Å². The molecule has 0 atom stereocenters. The van der Waals surface area contributed by atoms with Crippen LogP contribution >= 0.6 is 0 Å². The molecule has 1 aliphatic heterocycles. The fraction of sp³-hybridized carbons (Fsp3) is 0.300. The van der Waals surface area contributed by atoms with Gasteiger partial charge < -0.3 is 34.6 Å². The minimum Gasteiger partial charge on any atom is -0.494 e. The van der Waals surface area contributed by atoms with Crippen LogP contribution in [0.25, 0.3) is 33.7 Å². The minimum atomic E-state index is 0.439. The second-order valence-corrected chi connectivity index (χ2v) is 10.4. The molecular formula is C30H34N8O2. The highest BCUT2D eigenvalue weighted by molar-refractivity contribution is 6.04.